The lowest BCUT2D eigenvalue weighted by Crippen LogP contribution is -2.46. The predicted molar refractivity (Wildman–Crippen MR) is 115 cm³/mol. The normalized spacial score (nSPS) is 24.1. The highest BCUT2D eigenvalue weighted by molar-refractivity contribution is 5.94. The first-order valence-electron chi connectivity index (χ1n) is 10.9. The van der Waals surface area contributed by atoms with Gasteiger partial charge >= 0.3 is 6.18 Å². The van der Waals surface area contributed by atoms with Gasteiger partial charge in [-0.3, -0.25) is 9.78 Å². The molecule has 2 aromatic rings. The summed E-state index contributed by atoms with van der Waals surface area (Å²) in [6, 6.07) is 5.59. The fourth-order valence-corrected chi connectivity index (χ4v) is 4.76. The zero-order valence-electron chi connectivity index (χ0n) is 18.3. The molecule has 9 heteroatoms. The average molecular weight is 452 g/mol. The Morgan fingerprint density at radius 2 is 1.94 bits per heavy atom. The van der Waals surface area contributed by atoms with E-state index in [2.05, 4.69) is 15.2 Å². The zero-order chi connectivity index (χ0) is 23.1. The molecule has 3 heterocycles. The summed E-state index contributed by atoms with van der Waals surface area (Å²) < 4.78 is 55.2. The first-order valence-corrected chi connectivity index (χ1v) is 10.9. The smallest absolute Gasteiger partial charge is 0.369 e. The van der Waals surface area contributed by atoms with E-state index in [1.165, 1.54) is 12.3 Å². The molecule has 1 aromatic heterocycles. The van der Waals surface area contributed by atoms with Crippen LogP contribution in [-0.2, 0) is 11.0 Å². The third kappa shape index (κ3) is 4.67. The minimum absolute atomic E-state index is 0.0704. The Hall–Kier alpha value is -2.42. The average Bonchev–Trinajstić information content (AvgIpc) is 3.08. The van der Waals surface area contributed by atoms with Gasteiger partial charge in [0.25, 0.3) is 0 Å². The molecule has 1 N–H and O–H groups in total. The number of carbonyl (C=O) groups is 1. The van der Waals surface area contributed by atoms with E-state index in [9.17, 15) is 18.0 Å². The van der Waals surface area contributed by atoms with Crippen LogP contribution in [0, 0.1) is 5.92 Å². The van der Waals surface area contributed by atoms with Gasteiger partial charge < -0.3 is 15.1 Å². The van der Waals surface area contributed by atoms with Gasteiger partial charge in [-0.2, -0.15) is 13.2 Å². The van der Waals surface area contributed by atoms with Crippen LogP contribution < -0.4 is 10.2 Å². The van der Waals surface area contributed by atoms with Crippen LogP contribution in [0.4, 0.5) is 23.2 Å². The van der Waals surface area contributed by atoms with Crippen molar-refractivity contribution in [2.75, 3.05) is 38.1 Å². The molecule has 174 valence electrons. The van der Waals surface area contributed by atoms with Gasteiger partial charge in [-0.1, -0.05) is 6.92 Å². The van der Waals surface area contributed by atoms with Gasteiger partial charge in [0.15, 0.2) is 0 Å². The second-order valence-corrected chi connectivity index (χ2v) is 9.22. The number of nitrogens with zero attached hydrogens (tertiary/aromatic N) is 3. The van der Waals surface area contributed by atoms with E-state index in [1.807, 2.05) is 18.9 Å². The van der Waals surface area contributed by atoms with Crippen LogP contribution in [0.3, 0.4) is 0 Å². The molecule has 5 nitrogen and oxygen atoms in total. The molecule has 0 radical (unpaired) electrons. The predicted octanol–water partition coefficient (Wildman–Crippen LogP) is 4.02. The number of piperidine rings is 1. The first kappa shape index (κ1) is 22.8. The maximum Gasteiger partial charge on any atom is 0.418 e. The molecule has 2 aliphatic heterocycles. The Kier molecular flexibility index (Phi) is 6.04. The number of aromatic nitrogens is 1. The Bertz CT molecular complexity index is 988. The Balaban J connectivity index is 1.48. The van der Waals surface area contributed by atoms with Crippen LogP contribution in [0.25, 0.3) is 10.9 Å². The van der Waals surface area contributed by atoms with Gasteiger partial charge in [0.05, 0.1) is 23.5 Å². The number of pyridine rings is 1. The van der Waals surface area contributed by atoms with Crippen molar-refractivity contribution in [3.05, 3.63) is 36.0 Å². The molecular weight excluding hydrogens is 424 g/mol. The number of alkyl halides is 4. The number of anilines is 1. The maximum absolute atomic E-state index is 15.0. The van der Waals surface area contributed by atoms with Crippen LogP contribution in [0.2, 0.25) is 0 Å². The van der Waals surface area contributed by atoms with Crippen molar-refractivity contribution >= 4 is 22.5 Å². The van der Waals surface area contributed by atoms with Gasteiger partial charge in [-0.15, -0.1) is 0 Å². The highest BCUT2D eigenvalue weighted by Gasteiger charge is 2.39. The van der Waals surface area contributed by atoms with E-state index < -0.39 is 17.4 Å². The summed E-state index contributed by atoms with van der Waals surface area (Å²) in [6.07, 6.45) is -2.61. The van der Waals surface area contributed by atoms with Crippen LogP contribution in [0.15, 0.2) is 30.5 Å². The Morgan fingerprint density at radius 1 is 1.22 bits per heavy atom. The molecule has 0 aliphatic carbocycles. The van der Waals surface area contributed by atoms with Crippen molar-refractivity contribution < 1.29 is 22.4 Å². The number of nitrogens with one attached hydrogen (secondary N) is 1. The number of fused-ring (bicyclic) bond motifs is 1. The molecule has 0 spiro atoms. The number of amides is 1. The highest BCUT2D eigenvalue weighted by atomic mass is 19.4. The van der Waals surface area contributed by atoms with Gasteiger partial charge in [0.2, 0.25) is 5.91 Å². The summed E-state index contributed by atoms with van der Waals surface area (Å²) >= 11 is 0. The lowest BCUT2D eigenvalue weighted by molar-refractivity contribution is -0.136. The van der Waals surface area contributed by atoms with Crippen molar-refractivity contribution in [3.8, 4) is 0 Å². The topological polar surface area (TPSA) is 48.5 Å². The molecule has 1 aromatic carbocycles. The molecule has 2 saturated heterocycles. The van der Waals surface area contributed by atoms with Crippen molar-refractivity contribution in [1.29, 1.82) is 0 Å². The zero-order valence-corrected chi connectivity index (χ0v) is 18.3. The van der Waals surface area contributed by atoms with Crippen LogP contribution in [0.1, 0.15) is 31.7 Å². The number of halogens is 4. The number of hydrogen-bond acceptors (Lipinski definition) is 4. The van der Waals surface area contributed by atoms with Crippen LogP contribution in [-0.4, -0.2) is 60.7 Å². The fourth-order valence-electron chi connectivity index (χ4n) is 4.76. The molecule has 0 saturated carbocycles. The number of rotatable bonds is 4. The minimum atomic E-state index is -4.49. The van der Waals surface area contributed by atoms with Crippen molar-refractivity contribution in [2.45, 2.75) is 44.1 Å². The molecule has 1 amide bonds. The molecule has 4 rings (SSSR count). The summed E-state index contributed by atoms with van der Waals surface area (Å²) in [5.41, 5.74) is -1.67. The van der Waals surface area contributed by atoms with Crippen LogP contribution in [0.5, 0.6) is 0 Å². The van der Waals surface area contributed by atoms with E-state index >= 15 is 4.39 Å². The standard InChI is InChI=1S/C23H28F4N4O/c1-15-13-31(14-18(15)29-20(32)12-22(24)7-10-30(2)11-8-22)19-6-5-17(23(25,26)27)21-16(19)4-3-9-28-21/h3-6,9,15,18H,7-8,10-14H2,1-2H3,(H,29,32). The minimum Gasteiger partial charge on any atom is -0.369 e. The van der Waals surface area contributed by atoms with Gasteiger partial charge in [0, 0.05) is 43.4 Å². The van der Waals surface area contributed by atoms with Gasteiger partial charge in [-0.05, 0) is 50.1 Å². The lowest BCUT2D eigenvalue weighted by Gasteiger charge is -2.34. The third-order valence-corrected chi connectivity index (χ3v) is 6.71. The summed E-state index contributed by atoms with van der Waals surface area (Å²) in [4.78, 5) is 20.6. The monoisotopic (exact) mass is 452 g/mol. The number of likely N-dealkylation sites (tertiary alicyclic amines) is 1. The maximum atomic E-state index is 15.0. The first-order chi connectivity index (χ1) is 15.1. The SMILES string of the molecule is CC1CN(c2ccc(C(F)(F)F)c3ncccc23)CC1NC(=O)CC1(F)CCN(C)CC1. The molecular formula is C23H28F4N4O. The second-order valence-electron chi connectivity index (χ2n) is 9.22. The van der Waals surface area contributed by atoms with Crippen molar-refractivity contribution in [3.63, 3.8) is 0 Å². The van der Waals surface area contributed by atoms with E-state index in [0.29, 0.717) is 50.1 Å². The Morgan fingerprint density at radius 3 is 2.62 bits per heavy atom. The molecule has 2 aliphatic rings. The number of carbonyl (C=O) groups excluding carboxylic acids is 1. The summed E-state index contributed by atoms with van der Waals surface area (Å²) in [5.74, 6) is -0.240. The molecule has 2 atom stereocenters. The quantitative estimate of drug-likeness (QED) is 0.712. The Labute approximate surface area is 184 Å². The third-order valence-electron chi connectivity index (χ3n) is 6.71. The van der Waals surface area contributed by atoms with Crippen LogP contribution >= 0.6 is 0 Å². The van der Waals surface area contributed by atoms with Crippen molar-refractivity contribution in [1.82, 2.24) is 15.2 Å². The van der Waals surface area contributed by atoms with E-state index in [-0.39, 0.29) is 29.8 Å². The lowest BCUT2D eigenvalue weighted by atomic mass is 9.89. The fraction of sp³-hybridized carbons (Fsp3) is 0.565. The number of hydrogen-bond donors (Lipinski definition) is 1. The summed E-state index contributed by atoms with van der Waals surface area (Å²) in [7, 11) is 1.94. The molecule has 2 fully saturated rings. The molecule has 0 bridgehead atoms. The largest absolute Gasteiger partial charge is 0.418 e. The van der Waals surface area contributed by atoms with Crippen molar-refractivity contribution in [2.24, 2.45) is 5.92 Å². The summed E-state index contributed by atoms with van der Waals surface area (Å²) in [5, 5.41) is 3.39. The van der Waals surface area contributed by atoms with E-state index in [4.69, 9.17) is 0 Å². The van der Waals surface area contributed by atoms with E-state index in [1.54, 1.807) is 12.1 Å². The highest BCUT2D eigenvalue weighted by Crippen LogP contribution is 2.39. The van der Waals surface area contributed by atoms with Gasteiger partial charge in [-0.25, -0.2) is 4.39 Å². The van der Waals surface area contributed by atoms with Gasteiger partial charge in [0.1, 0.15) is 5.67 Å². The summed E-state index contributed by atoms with van der Waals surface area (Å²) in [6.45, 7) is 4.27. The van der Waals surface area contributed by atoms with E-state index in [0.717, 1.165) is 6.07 Å². The molecule has 2 unspecified atom stereocenters. The second kappa shape index (κ2) is 8.50. The number of benzene rings is 1. The molecule has 32 heavy (non-hydrogen) atoms.